The number of halogens is 1. The molecule has 7 heteroatoms. The molecule has 0 aliphatic carbocycles. The molecule has 154 valence electrons. The molecule has 0 saturated carbocycles. The van der Waals surface area contributed by atoms with Crippen LogP contribution in [0.5, 0.6) is 0 Å². The molecule has 2 saturated heterocycles. The standard InChI is InChI=1S/C19H39N5O.HI/c1-16-6-10-23(11-7-16)9-5-8-21-19(20-4)22-14-17(2)24-12-13-25-15-18(24)3;/h16-18H,5-15H2,1-4H3,(H2,20,21,22);1H. The summed E-state index contributed by atoms with van der Waals surface area (Å²) in [7, 11) is 1.85. The number of morpholine rings is 1. The van der Waals surface area contributed by atoms with E-state index in [2.05, 4.69) is 46.2 Å². The van der Waals surface area contributed by atoms with Crippen molar-refractivity contribution in [2.45, 2.75) is 52.1 Å². The molecule has 2 aliphatic heterocycles. The van der Waals surface area contributed by atoms with E-state index in [1.165, 1.54) is 38.9 Å². The van der Waals surface area contributed by atoms with Gasteiger partial charge in [-0.15, -0.1) is 24.0 Å². The van der Waals surface area contributed by atoms with Crippen LogP contribution in [0.15, 0.2) is 4.99 Å². The van der Waals surface area contributed by atoms with Gasteiger partial charge < -0.3 is 20.3 Å². The highest BCUT2D eigenvalue weighted by Gasteiger charge is 2.23. The third-order valence-corrected chi connectivity index (χ3v) is 5.59. The zero-order valence-electron chi connectivity index (χ0n) is 17.2. The van der Waals surface area contributed by atoms with Gasteiger partial charge >= 0.3 is 0 Å². The van der Waals surface area contributed by atoms with Crippen molar-refractivity contribution < 1.29 is 4.74 Å². The minimum absolute atomic E-state index is 0. The van der Waals surface area contributed by atoms with Crippen LogP contribution in [0, 0.1) is 5.92 Å². The number of aliphatic imine (C=N–C) groups is 1. The van der Waals surface area contributed by atoms with Crippen molar-refractivity contribution in [3.8, 4) is 0 Å². The largest absolute Gasteiger partial charge is 0.379 e. The summed E-state index contributed by atoms with van der Waals surface area (Å²) in [6.45, 7) is 15.2. The molecule has 6 nitrogen and oxygen atoms in total. The van der Waals surface area contributed by atoms with Crippen LogP contribution in [0.2, 0.25) is 0 Å². The van der Waals surface area contributed by atoms with Crippen LogP contribution in [-0.4, -0.2) is 87.4 Å². The van der Waals surface area contributed by atoms with E-state index in [9.17, 15) is 0 Å². The van der Waals surface area contributed by atoms with Gasteiger partial charge in [-0.05, 0) is 58.7 Å². The van der Waals surface area contributed by atoms with Gasteiger partial charge in [0.05, 0.1) is 13.2 Å². The Hall–Kier alpha value is -0.120. The van der Waals surface area contributed by atoms with E-state index in [0.29, 0.717) is 12.1 Å². The Bertz CT molecular complexity index is 401. The molecule has 2 atom stereocenters. The van der Waals surface area contributed by atoms with Gasteiger partial charge in [-0.25, -0.2) is 0 Å². The van der Waals surface area contributed by atoms with E-state index in [4.69, 9.17) is 4.74 Å². The van der Waals surface area contributed by atoms with Crippen molar-refractivity contribution in [2.24, 2.45) is 10.9 Å². The van der Waals surface area contributed by atoms with E-state index in [1.54, 1.807) is 0 Å². The molecule has 0 aromatic rings. The lowest BCUT2D eigenvalue weighted by Crippen LogP contribution is -2.53. The smallest absolute Gasteiger partial charge is 0.191 e. The zero-order chi connectivity index (χ0) is 18.1. The van der Waals surface area contributed by atoms with Crippen molar-refractivity contribution in [1.82, 2.24) is 20.4 Å². The number of nitrogens with zero attached hydrogens (tertiary/aromatic N) is 3. The fourth-order valence-electron chi connectivity index (χ4n) is 3.77. The molecule has 0 spiro atoms. The van der Waals surface area contributed by atoms with Gasteiger partial charge in [0.15, 0.2) is 5.96 Å². The third-order valence-electron chi connectivity index (χ3n) is 5.59. The van der Waals surface area contributed by atoms with Crippen LogP contribution >= 0.6 is 24.0 Å². The monoisotopic (exact) mass is 481 g/mol. The second-order valence-corrected chi connectivity index (χ2v) is 7.77. The number of rotatable bonds is 7. The predicted octanol–water partition coefficient (Wildman–Crippen LogP) is 2.00. The topological polar surface area (TPSA) is 52.1 Å². The Labute approximate surface area is 177 Å². The minimum atomic E-state index is 0. The van der Waals surface area contributed by atoms with Crippen LogP contribution in [-0.2, 0) is 4.74 Å². The summed E-state index contributed by atoms with van der Waals surface area (Å²) in [5.41, 5.74) is 0. The average Bonchev–Trinajstić information content (AvgIpc) is 2.62. The van der Waals surface area contributed by atoms with Crippen molar-refractivity contribution in [2.75, 3.05) is 59.5 Å². The summed E-state index contributed by atoms with van der Waals surface area (Å²) in [6, 6.07) is 0.973. The molecule has 0 bridgehead atoms. The highest BCUT2D eigenvalue weighted by Crippen LogP contribution is 2.15. The lowest BCUT2D eigenvalue weighted by atomic mass is 9.99. The molecule has 2 N–H and O–H groups in total. The van der Waals surface area contributed by atoms with E-state index >= 15 is 0 Å². The van der Waals surface area contributed by atoms with E-state index in [-0.39, 0.29) is 24.0 Å². The van der Waals surface area contributed by atoms with Gasteiger partial charge in [-0.3, -0.25) is 9.89 Å². The van der Waals surface area contributed by atoms with E-state index in [0.717, 1.165) is 44.7 Å². The first-order valence-corrected chi connectivity index (χ1v) is 10.1. The highest BCUT2D eigenvalue weighted by atomic mass is 127. The molecule has 2 aliphatic rings. The molecular formula is C19H40IN5O. The summed E-state index contributed by atoms with van der Waals surface area (Å²) >= 11 is 0. The maximum Gasteiger partial charge on any atom is 0.191 e. The third kappa shape index (κ3) is 8.27. The first-order chi connectivity index (χ1) is 12.1. The number of hydrogen-bond donors (Lipinski definition) is 2. The molecule has 0 aromatic carbocycles. The SMILES string of the molecule is CN=C(NCCCN1CCC(C)CC1)NCC(C)N1CCOCC1C.I. The van der Waals surface area contributed by atoms with Crippen molar-refractivity contribution >= 4 is 29.9 Å². The molecule has 0 amide bonds. The van der Waals surface area contributed by atoms with E-state index in [1.807, 2.05) is 7.05 Å². The van der Waals surface area contributed by atoms with Crippen LogP contribution in [0.1, 0.15) is 40.0 Å². The lowest BCUT2D eigenvalue weighted by Gasteiger charge is -2.38. The fourth-order valence-corrected chi connectivity index (χ4v) is 3.77. The van der Waals surface area contributed by atoms with Crippen molar-refractivity contribution in [3.05, 3.63) is 0 Å². The Balaban J connectivity index is 0.00000338. The Morgan fingerprint density at radius 2 is 1.92 bits per heavy atom. The van der Waals surface area contributed by atoms with E-state index < -0.39 is 0 Å². The first-order valence-electron chi connectivity index (χ1n) is 10.1. The molecule has 2 heterocycles. The van der Waals surface area contributed by atoms with Gasteiger partial charge in [0.25, 0.3) is 0 Å². The minimum Gasteiger partial charge on any atom is -0.379 e. The fraction of sp³-hybridized carbons (Fsp3) is 0.947. The number of piperidine rings is 1. The molecule has 2 rings (SSSR count). The maximum atomic E-state index is 5.53. The number of guanidine groups is 1. The number of hydrogen-bond acceptors (Lipinski definition) is 4. The summed E-state index contributed by atoms with van der Waals surface area (Å²) in [6.07, 6.45) is 3.88. The first kappa shape index (κ1) is 23.9. The number of ether oxygens (including phenoxy) is 1. The van der Waals surface area contributed by atoms with Gasteiger partial charge in [0.1, 0.15) is 0 Å². The maximum absolute atomic E-state index is 5.53. The Morgan fingerprint density at radius 1 is 1.19 bits per heavy atom. The summed E-state index contributed by atoms with van der Waals surface area (Å²) in [4.78, 5) is 9.47. The summed E-state index contributed by atoms with van der Waals surface area (Å²) in [5.74, 6) is 1.83. The summed E-state index contributed by atoms with van der Waals surface area (Å²) in [5, 5.41) is 6.93. The second-order valence-electron chi connectivity index (χ2n) is 7.77. The quantitative estimate of drug-likeness (QED) is 0.252. The van der Waals surface area contributed by atoms with Gasteiger partial charge in [0, 0.05) is 38.8 Å². The molecular weight excluding hydrogens is 441 g/mol. The molecule has 2 fully saturated rings. The van der Waals surface area contributed by atoms with Crippen LogP contribution < -0.4 is 10.6 Å². The van der Waals surface area contributed by atoms with Crippen molar-refractivity contribution in [3.63, 3.8) is 0 Å². The van der Waals surface area contributed by atoms with Crippen LogP contribution in [0.3, 0.4) is 0 Å². The Morgan fingerprint density at radius 3 is 2.58 bits per heavy atom. The second kappa shape index (κ2) is 13.1. The molecule has 26 heavy (non-hydrogen) atoms. The van der Waals surface area contributed by atoms with Gasteiger partial charge in [0.2, 0.25) is 0 Å². The normalized spacial score (nSPS) is 24.8. The lowest BCUT2D eigenvalue weighted by molar-refractivity contribution is -0.0174. The Kier molecular flexibility index (Phi) is 12.1. The van der Waals surface area contributed by atoms with Gasteiger partial charge in [-0.1, -0.05) is 6.92 Å². The van der Waals surface area contributed by atoms with Crippen LogP contribution in [0.4, 0.5) is 0 Å². The molecule has 0 aromatic heterocycles. The van der Waals surface area contributed by atoms with Gasteiger partial charge in [-0.2, -0.15) is 0 Å². The molecule has 2 unspecified atom stereocenters. The van der Waals surface area contributed by atoms with Crippen LogP contribution in [0.25, 0.3) is 0 Å². The number of nitrogens with one attached hydrogen (secondary N) is 2. The molecule has 0 radical (unpaired) electrons. The zero-order valence-corrected chi connectivity index (χ0v) is 19.5. The van der Waals surface area contributed by atoms with Crippen molar-refractivity contribution in [1.29, 1.82) is 0 Å². The summed E-state index contributed by atoms with van der Waals surface area (Å²) < 4.78 is 5.53. The average molecular weight is 481 g/mol. The predicted molar refractivity (Wildman–Crippen MR) is 121 cm³/mol. The number of likely N-dealkylation sites (tertiary alicyclic amines) is 1. The highest BCUT2D eigenvalue weighted by molar-refractivity contribution is 14.0.